The van der Waals surface area contributed by atoms with Gasteiger partial charge in [0.1, 0.15) is 23.7 Å². The second kappa shape index (κ2) is 9.42. The fourth-order valence-electron chi connectivity index (χ4n) is 2.77. The van der Waals surface area contributed by atoms with E-state index in [1.807, 2.05) is 24.5 Å². The number of nitrogens with one attached hydrogen (secondary N) is 1. The fourth-order valence-corrected chi connectivity index (χ4v) is 2.77. The quantitative estimate of drug-likeness (QED) is 0.724. The molecule has 0 aliphatic heterocycles. The summed E-state index contributed by atoms with van der Waals surface area (Å²) in [6.45, 7) is 4.72. The van der Waals surface area contributed by atoms with Crippen molar-refractivity contribution >= 4 is 11.7 Å². The van der Waals surface area contributed by atoms with E-state index < -0.39 is 5.91 Å². The molecule has 7 nitrogen and oxygen atoms in total. The number of benzene rings is 1. The molecule has 0 saturated heterocycles. The number of nitrogens with zero attached hydrogens (tertiary/aromatic N) is 3. The number of methoxy groups -OCH3 is 1. The number of aromatic nitrogens is 1. The number of anilines is 1. The van der Waals surface area contributed by atoms with Gasteiger partial charge in [0.2, 0.25) is 0 Å². The van der Waals surface area contributed by atoms with Crippen LogP contribution in [0.2, 0.25) is 0 Å². The highest BCUT2D eigenvalue weighted by Crippen LogP contribution is 2.26. The molecule has 0 saturated carbocycles. The summed E-state index contributed by atoms with van der Waals surface area (Å²) < 4.78 is 12.5. The number of carbonyl (C=O) groups is 1. The number of amides is 1. The predicted molar refractivity (Wildman–Crippen MR) is 100 cm³/mol. The summed E-state index contributed by atoms with van der Waals surface area (Å²) >= 11 is 0. The third-order valence-electron chi connectivity index (χ3n) is 4.30. The zero-order chi connectivity index (χ0) is 19.8. The number of ether oxygens (including phenoxy) is 2. The van der Waals surface area contributed by atoms with E-state index in [1.54, 1.807) is 31.4 Å². The number of rotatable bonds is 8. The van der Waals surface area contributed by atoms with Gasteiger partial charge in [0.15, 0.2) is 6.61 Å². The van der Waals surface area contributed by atoms with Crippen molar-refractivity contribution in [1.29, 1.82) is 10.5 Å². The van der Waals surface area contributed by atoms with Gasteiger partial charge in [-0.25, -0.2) is 0 Å². The normalized spacial score (nSPS) is 10.1. The van der Waals surface area contributed by atoms with E-state index in [4.69, 9.17) is 14.7 Å². The smallest absolute Gasteiger partial charge is 0.263 e. The standard InChI is InChI=1S/C20H22N4O3/c1-14-15(2)24(9-6-10-26-3)20(17(14)12-22)23-19(25)13-27-18-8-5-4-7-16(18)11-21/h4-5,7-8H,6,9-10,13H2,1-3H3,(H,23,25). The van der Waals surface area contributed by atoms with E-state index in [-0.39, 0.29) is 6.61 Å². The second-order valence-corrected chi connectivity index (χ2v) is 5.99. The van der Waals surface area contributed by atoms with Gasteiger partial charge >= 0.3 is 0 Å². The van der Waals surface area contributed by atoms with Gasteiger partial charge in [-0.1, -0.05) is 12.1 Å². The van der Waals surface area contributed by atoms with Crippen LogP contribution in [-0.4, -0.2) is 30.8 Å². The van der Waals surface area contributed by atoms with Crippen molar-refractivity contribution in [3.63, 3.8) is 0 Å². The van der Waals surface area contributed by atoms with E-state index in [2.05, 4.69) is 11.4 Å². The van der Waals surface area contributed by atoms with Crippen LogP contribution in [0.4, 0.5) is 5.82 Å². The van der Waals surface area contributed by atoms with Gasteiger partial charge < -0.3 is 19.4 Å². The number of hydrogen-bond donors (Lipinski definition) is 1. The van der Waals surface area contributed by atoms with Gasteiger partial charge in [0.25, 0.3) is 5.91 Å². The Hall–Kier alpha value is -3.29. The average molecular weight is 366 g/mol. The highest BCUT2D eigenvalue weighted by molar-refractivity contribution is 5.93. The third-order valence-corrected chi connectivity index (χ3v) is 4.30. The minimum Gasteiger partial charge on any atom is -0.482 e. The second-order valence-electron chi connectivity index (χ2n) is 5.99. The first-order valence-corrected chi connectivity index (χ1v) is 8.54. The van der Waals surface area contributed by atoms with E-state index >= 15 is 0 Å². The zero-order valence-electron chi connectivity index (χ0n) is 15.7. The lowest BCUT2D eigenvalue weighted by atomic mass is 10.2. The van der Waals surface area contributed by atoms with E-state index in [1.165, 1.54) is 0 Å². The predicted octanol–water partition coefficient (Wildman–Crippen LogP) is 2.90. The molecule has 1 amide bonds. The molecule has 0 bridgehead atoms. The topological polar surface area (TPSA) is 100 Å². The molecule has 0 aliphatic carbocycles. The summed E-state index contributed by atoms with van der Waals surface area (Å²) in [5, 5.41) is 21.3. The van der Waals surface area contributed by atoms with E-state index in [9.17, 15) is 10.1 Å². The van der Waals surface area contributed by atoms with E-state index in [0.29, 0.717) is 35.8 Å². The Balaban J connectivity index is 2.15. The number of para-hydroxylation sites is 1. The minimum absolute atomic E-state index is 0.259. The Morgan fingerprint density at radius 3 is 2.63 bits per heavy atom. The first-order chi connectivity index (χ1) is 13.0. The highest BCUT2D eigenvalue weighted by Gasteiger charge is 2.19. The summed E-state index contributed by atoms with van der Waals surface area (Å²) in [7, 11) is 1.63. The molecular weight excluding hydrogens is 344 g/mol. The molecule has 1 heterocycles. The molecule has 7 heteroatoms. The van der Waals surface area contributed by atoms with Crippen LogP contribution in [-0.2, 0) is 16.1 Å². The van der Waals surface area contributed by atoms with Crippen LogP contribution < -0.4 is 10.1 Å². The first-order valence-electron chi connectivity index (χ1n) is 8.54. The summed E-state index contributed by atoms with van der Waals surface area (Å²) in [5.41, 5.74) is 2.56. The van der Waals surface area contributed by atoms with Crippen molar-refractivity contribution in [2.45, 2.75) is 26.8 Å². The van der Waals surface area contributed by atoms with Crippen LogP contribution in [0.15, 0.2) is 24.3 Å². The lowest BCUT2D eigenvalue weighted by Crippen LogP contribution is -2.23. The van der Waals surface area contributed by atoms with Gasteiger partial charge in [-0.3, -0.25) is 4.79 Å². The number of carbonyl (C=O) groups excluding carboxylic acids is 1. The van der Waals surface area contributed by atoms with Crippen LogP contribution in [0.3, 0.4) is 0 Å². The van der Waals surface area contributed by atoms with Crippen LogP contribution in [0, 0.1) is 36.5 Å². The Morgan fingerprint density at radius 2 is 1.96 bits per heavy atom. The lowest BCUT2D eigenvalue weighted by Gasteiger charge is -2.13. The van der Waals surface area contributed by atoms with Crippen molar-refractivity contribution in [3.05, 3.63) is 46.6 Å². The SMILES string of the molecule is COCCCn1c(C)c(C)c(C#N)c1NC(=O)COc1ccccc1C#N. The van der Waals surface area contributed by atoms with Crippen molar-refractivity contribution in [3.8, 4) is 17.9 Å². The molecule has 140 valence electrons. The molecule has 0 unspecified atom stereocenters. The molecule has 1 aromatic heterocycles. The molecule has 0 spiro atoms. The first kappa shape index (κ1) is 20.0. The third kappa shape index (κ3) is 4.66. The van der Waals surface area contributed by atoms with Gasteiger partial charge in [-0.15, -0.1) is 0 Å². The Labute approximate surface area is 158 Å². The molecule has 27 heavy (non-hydrogen) atoms. The molecule has 2 rings (SSSR count). The van der Waals surface area contributed by atoms with Crippen molar-refractivity contribution in [2.75, 3.05) is 25.6 Å². The van der Waals surface area contributed by atoms with Crippen molar-refractivity contribution < 1.29 is 14.3 Å². The molecule has 1 aromatic carbocycles. The van der Waals surface area contributed by atoms with E-state index in [0.717, 1.165) is 17.7 Å². The summed E-state index contributed by atoms with van der Waals surface area (Å²) in [5.74, 6) is 0.411. The number of hydrogen-bond acceptors (Lipinski definition) is 5. The molecule has 0 aliphatic rings. The molecule has 1 N–H and O–H groups in total. The van der Waals surface area contributed by atoms with Gasteiger partial charge in [0, 0.05) is 26.0 Å². The van der Waals surface area contributed by atoms with Crippen LogP contribution in [0.5, 0.6) is 5.75 Å². The van der Waals surface area contributed by atoms with Gasteiger partial charge in [-0.2, -0.15) is 10.5 Å². The van der Waals surface area contributed by atoms with Gasteiger partial charge in [-0.05, 0) is 38.0 Å². The van der Waals surface area contributed by atoms with Crippen LogP contribution >= 0.6 is 0 Å². The summed E-state index contributed by atoms with van der Waals surface area (Å²) in [6, 6.07) is 10.9. The molecule has 0 atom stereocenters. The zero-order valence-corrected chi connectivity index (χ0v) is 15.7. The maximum Gasteiger partial charge on any atom is 0.263 e. The van der Waals surface area contributed by atoms with Crippen molar-refractivity contribution in [1.82, 2.24) is 4.57 Å². The largest absolute Gasteiger partial charge is 0.482 e. The maximum absolute atomic E-state index is 12.4. The maximum atomic E-state index is 12.4. The molecule has 2 aromatic rings. The molecular formula is C20H22N4O3. The Morgan fingerprint density at radius 1 is 1.22 bits per heavy atom. The molecule has 0 fully saturated rings. The summed E-state index contributed by atoms with van der Waals surface area (Å²) in [6.07, 6.45) is 0.755. The molecule has 0 radical (unpaired) electrons. The van der Waals surface area contributed by atoms with Crippen LogP contribution in [0.1, 0.15) is 28.8 Å². The Kier molecular flexibility index (Phi) is 6.99. The Bertz CT molecular complexity index is 903. The average Bonchev–Trinajstić information content (AvgIpc) is 2.90. The highest BCUT2D eigenvalue weighted by atomic mass is 16.5. The summed E-state index contributed by atoms with van der Waals surface area (Å²) in [4.78, 5) is 12.4. The monoisotopic (exact) mass is 366 g/mol. The fraction of sp³-hybridized carbons (Fsp3) is 0.350. The number of nitriles is 2. The lowest BCUT2D eigenvalue weighted by molar-refractivity contribution is -0.118. The minimum atomic E-state index is -0.398. The van der Waals surface area contributed by atoms with Crippen molar-refractivity contribution in [2.24, 2.45) is 0 Å². The van der Waals surface area contributed by atoms with Crippen LogP contribution in [0.25, 0.3) is 0 Å². The van der Waals surface area contributed by atoms with Gasteiger partial charge in [0.05, 0.1) is 11.1 Å².